The summed E-state index contributed by atoms with van der Waals surface area (Å²) in [6.07, 6.45) is 4.12. The first-order valence-electron chi connectivity index (χ1n) is 6.26. The molecular formula is C15H14N2O. The van der Waals surface area contributed by atoms with Crippen LogP contribution in [0, 0.1) is 23.2 Å². The molecule has 1 heterocycles. The number of hydrogen-bond acceptors (Lipinski definition) is 2. The topological polar surface area (TPSA) is 56.6 Å². The van der Waals surface area contributed by atoms with Gasteiger partial charge < -0.3 is 4.98 Å². The number of hydrogen-bond donors (Lipinski definition) is 1. The van der Waals surface area contributed by atoms with Gasteiger partial charge in [0.15, 0.2) is 5.78 Å². The van der Waals surface area contributed by atoms with Crippen LogP contribution in [-0.4, -0.2) is 10.8 Å². The highest BCUT2D eigenvalue weighted by molar-refractivity contribution is 6.09. The molecule has 3 heteroatoms. The first-order chi connectivity index (χ1) is 8.70. The van der Waals surface area contributed by atoms with E-state index in [-0.39, 0.29) is 11.7 Å². The SMILES string of the molecule is CC(C(=O)c1c[nH]c2cc(C#N)ccc12)C1CC1. The lowest BCUT2D eigenvalue weighted by Gasteiger charge is -2.07. The largest absolute Gasteiger partial charge is 0.360 e. The fraction of sp³-hybridized carbons (Fsp3) is 0.333. The van der Waals surface area contributed by atoms with Gasteiger partial charge in [0.1, 0.15) is 0 Å². The molecule has 1 saturated carbocycles. The number of Topliss-reactive ketones (excluding diaryl/α,β-unsaturated/α-hetero) is 1. The van der Waals surface area contributed by atoms with Crippen LogP contribution in [-0.2, 0) is 0 Å². The molecule has 0 radical (unpaired) electrons. The van der Waals surface area contributed by atoms with Crippen LogP contribution in [0.4, 0.5) is 0 Å². The number of carbonyl (C=O) groups is 1. The Labute approximate surface area is 105 Å². The number of nitriles is 1. The van der Waals surface area contributed by atoms with Crippen molar-refractivity contribution >= 4 is 16.7 Å². The molecule has 2 aromatic rings. The second kappa shape index (κ2) is 3.99. The van der Waals surface area contributed by atoms with Gasteiger partial charge in [-0.05, 0) is 30.9 Å². The first kappa shape index (κ1) is 11.0. The predicted octanol–water partition coefficient (Wildman–Crippen LogP) is 3.27. The Hall–Kier alpha value is -2.08. The van der Waals surface area contributed by atoms with E-state index < -0.39 is 0 Å². The van der Waals surface area contributed by atoms with Gasteiger partial charge in [0, 0.05) is 28.6 Å². The molecule has 1 N–H and O–H groups in total. The van der Waals surface area contributed by atoms with E-state index in [2.05, 4.69) is 11.1 Å². The molecule has 3 rings (SSSR count). The maximum absolute atomic E-state index is 12.4. The van der Waals surface area contributed by atoms with E-state index in [1.165, 1.54) is 12.8 Å². The molecule has 1 aliphatic carbocycles. The fourth-order valence-electron chi connectivity index (χ4n) is 2.46. The third-order valence-electron chi connectivity index (χ3n) is 3.82. The van der Waals surface area contributed by atoms with Gasteiger partial charge in [0.2, 0.25) is 0 Å². The van der Waals surface area contributed by atoms with Crippen molar-refractivity contribution in [3.8, 4) is 6.07 Å². The third kappa shape index (κ3) is 1.70. The minimum absolute atomic E-state index is 0.111. The summed E-state index contributed by atoms with van der Waals surface area (Å²) < 4.78 is 0. The highest BCUT2D eigenvalue weighted by Gasteiger charge is 2.33. The Kier molecular flexibility index (Phi) is 2.45. The van der Waals surface area contributed by atoms with Gasteiger partial charge in [-0.15, -0.1) is 0 Å². The Morgan fingerprint density at radius 1 is 1.50 bits per heavy atom. The van der Waals surface area contributed by atoms with Crippen molar-refractivity contribution in [2.45, 2.75) is 19.8 Å². The zero-order valence-electron chi connectivity index (χ0n) is 10.2. The molecule has 0 spiro atoms. The number of aromatic nitrogens is 1. The van der Waals surface area contributed by atoms with E-state index in [1.807, 2.05) is 13.0 Å². The molecule has 3 nitrogen and oxygen atoms in total. The van der Waals surface area contributed by atoms with Crippen molar-refractivity contribution in [2.75, 3.05) is 0 Å². The lowest BCUT2D eigenvalue weighted by atomic mass is 9.94. The maximum atomic E-state index is 12.4. The summed E-state index contributed by atoms with van der Waals surface area (Å²) in [6.45, 7) is 2.02. The van der Waals surface area contributed by atoms with E-state index >= 15 is 0 Å². The van der Waals surface area contributed by atoms with Crippen LogP contribution in [0.25, 0.3) is 10.9 Å². The van der Waals surface area contributed by atoms with Crippen molar-refractivity contribution in [3.05, 3.63) is 35.5 Å². The van der Waals surface area contributed by atoms with Crippen molar-refractivity contribution in [1.82, 2.24) is 4.98 Å². The Balaban J connectivity index is 2.02. The predicted molar refractivity (Wildman–Crippen MR) is 69.2 cm³/mol. The Bertz CT molecular complexity index is 659. The summed E-state index contributed by atoms with van der Waals surface area (Å²) in [6, 6.07) is 7.51. The van der Waals surface area contributed by atoms with Crippen LogP contribution in [0.1, 0.15) is 35.7 Å². The summed E-state index contributed by atoms with van der Waals surface area (Å²) in [5, 5.41) is 9.77. The lowest BCUT2D eigenvalue weighted by Crippen LogP contribution is -2.12. The Morgan fingerprint density at radius 3 is 2.94 bits per heavy atom. The number of nitrogens with one attached hydrogen (secondary N) is 1. The van der Waals surface area contributed by atoms with Gasteiger partial charge in [-0.25, -0.2) is 0 Å². The van der Waals surface area contributed by atoms with Gasteiger partial charge in [-0.3, -0.25) is 4.79 Å². The summed E-state index contributed by atoms with van der Waals surface area (Å²) in [7, 11) is 0. The highest BCUT2D eigenvalue weighted by Crippen LogP contribution is 2.38. The second-order valence-corrected chi connectivity index (χ2v) is 5.06. The molecule has 0 bridgehead atoms. The average Bonchev–Trinajstić information content (AvgIpc) is 3.16. The van der Waals surface area contributed by atoms with E-state index in [0.29, 0.717) is 11.5 Å². The van der Waals surface area contributed by atoms with E-state index in [0.717, 1.165) is 16.5 Å². The quantitative estimate of drug-likeness (QED) is 0.834. The number of carbonyl (C=O) groups excluding carboxylic acids is 1. The average molecular weight is 238 g/mol. The molecular weight excluding hydrogens is 224 g/mol. The van der Waals surface area contributed by atoms with Crippen LogP contribution in [0.5, 0.6) is 0 Å². The second-order valence-electron chi connectivity index (χ2n) is 5.06. The van der Waals surface area contributed by atoms with Crippen LogP contribution in [0.2, 0.25) is 0 Å². The van der Waals surface area contributed by atoms with Crippen molar-refractivity contribution in [2.24, 2.45) is 11.8 Å². The van der Waals surface area contributed by atoms with Crippen molar-refractivity contribution < 1.29 is 4.79 Å². The lowest BCUT2D eigenvalue weighted by molar-refractivity contribution is 0.0918. The minimum atomic E-state index is 0.111. The number of nitrogens with zero attached hydrogens (tertiary/aromatic N) is 1. The molecule has 0 saturated heterocycles. The zero-order chi connectivity index (χ0) is 12.7. The van der Waals surface area contributed by atoms with Crippen LogP contribution in [0.3, 0.4) is 0 Å². The number of aromatic amines is 1. The maximum Gasteiger partial charge on any atom is 0.168 e. The monoisotopic (exact) mass is 238 g/mol. The number of rotatable bonds is 3. The van der Waals surface area contributed by atoms with Crippen molar-refractivity contribution in [3.63, 3.8) is 0 Å². The number of benzene rings is 1. The molecule has 0 aliphatic heterocycles. The molecule has 1 aromatic carbocycles. The van der Waals surface area contributed by atoms with Crippen LogP contribution in [0.15, 0.2) is 24.4 Å². The number of fused-ring (bicyclic) bond motifs is 1. The van der Waals surface area contributed by atoms with Crippen LogP contribution >= 0.6 is 0 Å². The zero-order valence-corrected chi connectivity index (χ0v) is 10.2. The molecule has 18 heavy (non-hydrogen) atoms. The molecule has 1 aromatic heterocycles. The van der Waals surface area contributed by atoms with Gasteiger partial charge >= 0.3 is 0 Å². The standard InChI is InChI=1S/C15H14N2O/c1-9(11-3-4-11)15(18)13-8-17-14-6-10(7-16)2-5-12(13)14/h2,5-6,8-9,11,17H,3-4H2,1H3. The first-order valence-corrected chi connectivity index (χ1v) is 6.26. The normalized spacial score (nSPS) is 16.4. The van der Waals surface area contributed by atoms with E-state index in [4.69, 9.17) is 5.26 Å². The van der Waals surface area contributed by atoms with Crippen molar-refractivity contribution in [1.29, 1.82) is 5.26 Å². The smallest absolute Gasteiger partial charge is 0.168 e. The van der Waals surface area contributed by atoms with Crippen LogP contribution < -0.4 is 0 Å². The molecule has 1 atom stereocenters. The third-order valence-corrected chi connectivity index (χ3v) is 3.82. The Morgan fingerprint density at radius 2 is 2.28 bits per heavy atom. The van der Waals surface area contributed by atoms with Gasteiger partial charge in [-0.2, -0.15) is 5.26 Å². The van der Waals surface area contributed by atoms with Gasteiger partial charge in [0.25, 0.3) is 0 Å². The van der Waals surface area contributed by atoms with E-state index in [9.17, 15) is 4.79 Å². The molecule has 90 valence electrons. The molecule has 1 unspecified atom stereocenters. The molecule has 1 fully saturated rings. The number of ketones is 1. The summed E-state index contributed by atoms with van der Waals surface area (Å²) in [5.74, 6) is 0.897. The minimum Gasteiger partial charge on any atom is -0.360 e. The summed E-state index contributed by atoms with van der Waals surface area (Å²) in [4.78, 5) is 15.5. The van der Waals surface area contributed by atoms with Gasteiger partial charge in [-0.1, -0.05) is 13.0 Å². The highest BCUT2D eigenvalue weighted by atomic mass is 16.1. The van der Waals surface area contributed by atoms with E-state index in [1.54, 1.807) is 18.3 Å². The fourth-order valence-corrected chi connectivity index (χ4v) is 2.46. The summed E-state index contributed by atoms with van der Waals surface area (Å²) >= 11 is 0. The van der Waals surface area contributed by atoms with Gasteiger partial charge in [0.05, 0.1) is 11.6 Å². The summed E-state index contributed by atoms with van der Waals surface area (Å²) in [5.41, 5.74) is 2.23. The molecule has 1 aliphatic rings. The molecule has 0 amide bonds. The number of H-pyrrole nitrogens is 1.